The maximum atomic E-state index is 12.8. The van der Waals surface area contributed by atoms with Gasteiger partial charge in [0.2, 0.25) is 5.91 Å². The fourth-order valence-corrected chi connectivity index (χ4v) is 3.14. The molecule has 134 valence electrons. The minimum atomic E-state index is -0.297. The molecule has 1 N–H and O–H groups in total. The number of aryl methyl sites for hydroxylation is 1. The molecule has 1 atom stereocenters. The first-order valence-electron chi connectivity index (χ1n) is 8.49. The van der Waals surface area contributed by atoms with Crippen LogP contribution in [-0.4, -0.2) is 46.8 Å². The lowest BCUT2D eigenvalue weighted by Crippen LogP contribution is -2.38. The van der Waals surface area contributed by atoms with Gasteiger partial charge in [0.05, 0.1) is 19.3 Å². The first kappa shape index (κ1) is 17.4. The summed E-state index contributed by atoms with van der Waals surface area (Å²) < 4.78 is 20.1. The van der Waals surface area contributed by atoms with Gasteiger partial charge < -0.3 is 10.1 Å². The first-order chi connectivity index (χ1) is 12.1. The van der Waals surface area contributed by atoms with Gasteiger partial charge in [-0.05, 0) is 43.7 Å². The number of carbonyl (C=O) groups is 1. The topological polar surface area (TPSA) is 59.4 Å². The van der Waals surface area contributed by atoms with Crippen LogP contribution in [-0.2, 0) is 11.8 Å². The van der Waals surface area contributed by atoms with Gasteiger partial charge in [-0.2, -0.15) is 5.10 Å². The van der Waals surface area contributed by atoms with Crippen LogP contribution < -0.4 is 10.1 Å². The molecular weight excluding hydrogens is 323 g/mol. The van der Waals surface area contributed by atoms with Crippen molar-refractivity contribution in [3.8, 4) is 5.75 Å². The Bertz CT molecular complexity index is 701. The van der Waals surface area contributed by atoms with E-state index < -0.39 is 0 Å². The first-order valence-corrected chi connectivity index (χ1v) is 8.49. The summed E-state index contributed by atoms with van der Waals surface area (Å²) in [4.78, 5) is 14.3. The maximum absolute atomic E-state index is 12.8. The Morgan fingerprint density at radius 2 is 2.20 bits per heavy atom. The van der Waals surface area contributed by atoms with E-state index in [1.807, 2.05) is 19.4 Å². The van der Waals surface area contributed by atoms with Crippen LogP contribution in [0.2, 0.25) is 0 Å². The number of hydrogen-bond acceptors (Lipinski definition) is 4. The molecule has 1 aliphatic heterocycles. The summed E-state index contributed by atoms with van der Waals surface area (Å²) in [5, 5.41) is 7.09. The molecule has 1 fully saturated rings. The number of nitrogens with one attached hydrogen (secondary N) is 1. The highest BCUT2D eigenvalue weighted by molar-refractivity contribution is 5.78. The Morgan fingerprint density at radius 1 is 1.40 bits per heavy atom. The van der Waals surface area contributed by atoms with Crippen LogP contribution >= 0.6 is 0 Å². The van der Waals surface area contributed by atoms with E-state index in [-0.39, 0.29) is 17.8 Å². The number of hydrogen-bond donors (Lipinski definition) is 1. The van der Waals surface area contributed by atoms with Crippen LogP contribution in [0.3, 0.4) is 0 Å². The Balaban J connectivity index is 1.40. The summed E-state index contributed by atoms with van der Waals surface area (Å²) >= 11 is 0. The number of aromatic nitrogens is 2. The summed E-state index contributed by atoms with van der Waals surface area (Å²) in [5.74, 6) is 0.278. The zero-order valence-corrected chi connectivity index (χ0v) is 14.3. The Hall–Kier alpha value is -2.41. The molecule has 0 bridgehead atoms. The van der Waals surface area contributed by atoms with E-state index in [1.54, 1.807) is 16.8 Å². The van der Waals surface area contributed by atoms with Gasteiger partial charge in [0.15, 0.2) is 0 Å². The molecule has 0 saturated carbocycles. The predicted molar refractivity (Wildman–Crippen MR) is 91.7 cm³/mol. The molecular formula is C18H23FN4O2. The Morgan fingerprint density at radius 3 is 2.92 bits per heavy atom. The van der Waals surface area contributed by atoms with Crippen LogP contribution in [0.5, 0.6) is 5.75 Å². The van der Waals surface area contributed by atoms with Crippen LogP contribution in [0.1, 0.15) is 24.4 Å². The smallest absolute Gasteiger partial charge is 0.234 e. The fourth-order valence-electron chi connectivity index (χ4n) is 3.14. The molecule has 0 radical (unpaired) electrons. The average Bonchev–Trinajstić information content (AvgIpc) is 3.22. The fraction of sp³-hybridized carbons (Fsp3) is 0.444. The normalized spacial score (nSPS) is 17.6. The van der Waals surface area contributed by atoms with Gasteiger partial charge in [-0.25, -0.2) is 4.39 Å². The molecule has 1 aromatic carbocycles. The summed E-state index contributed by atoms with van der Waals surface area (Å²) in [5.41, 5.74) is 1.16. The van der Waals surface area contributed by atoms with E-state index in [2.05, 4.69) is 15.3 Å². The SMILES string of the molecule is Cn1cc([C@@H]2CCCN2CC(=O)NCCOc2ccc(F)cc2)cn1. The van der Waals surface area contributed by atoms with Gasteiger partial charge in [0, 0.05) is 24.8 Å². The van der Waals surface area contributed by atoms with E-state index in [0.717, 1.165) is 24.9 Å². The van der Waals surface area contributed by atoms with Crippen molar-refractivity contribution in [2.24, 2.45) is 7.05 Å². The zero-order chi connectivity index (χ0) is 17.6. The van der Waals surface area contributed by atoms with Gasteiger partial charge in [-0.3, -0.25) is 14.4 Å². The van der Waals surface area contributed by atoms with Crippen molar-refractivity contribution >= 4 is 5.91 Å². The Labute approximate surface area is 146 Å². The Kier molecular flexibility index (Phi) is 5.65. The number of ether oxygens (including phenoxy) is 1. The minimum Gasteiger partial charge on any atom is -0.492 e. The molecule has 1 amide bonds. The number of carbonyl (C=O) groups excluding carboxylic acids is 1. The maximum Gasteiger partial charge on any atom is 0.234 e. The van der Waals surface area contributed by atoms with Crippen LogP contribution in [0.15, 0.2) is 36.7 Å². The molecule has 1 saturated heterocycles. The third-order valence-corrected chi connectivity index (χ3v) is 4.33. The highest BCUT2D eigenvalue weighted by atomic mass is 19.1. The third kappa shape index (κ3) is 4.79. The van der Waals surface area contributed by atoms with Crippen molar-refractivity contribution in [3.05, 3.63) is 48.0 Å². The van der Waals surface area contributed by atoms with E-state index in [0.29, 0.717) is 25.4 Å². The van der Waals surface area contributed by atoms with Gasteiger partial charge in [0.25, 0.3) is 0 Å². The van der Waals surface area contributed by atoms with E-state index >= 15 is 0 Å². The van der Waals surface area contributed by atoms with Crippen molar-refractivity contribution < 1.29 is 13.9 Å². The average molecular weight is 346 g/mol. The molecule has 1 aromatic heterocycles. The second kappa shape index (κ2) is 8.11. The van der Waals surface area contributed by atoms with Gasteiger partial charge >= 0.3 is 0 Å². The number of likely N-dealkylation sites (tertiary alicyclic amines) is 1. The van der Waals surface area contributed by atoms with Crippen molar-refractivity contribution in [3.63, 3.8) is 0 Å². The number of nitrogens with zero attached hydrogens (tertiary/aromatic N) is 3. The minimum absolute atomic E-state index is 0.0153. The van der Waals surface area contributed by atoms with Crippen molar-refractivity contribution in [1.82, 2.24) is 20.0 Å². The predicted octanol–water partition coefficient (Wildman–Crippen LogP) is 1.89. The molecule has 1 aliphatic rings. The van der Waals surface area contributed by atoms with Gasteiger partial charge in [-0.1, -0.05) is 0 Å². The molecule has 0 aliphatic carbocycles. The number of benzene rings is 1. The lowest BCUT2D eigenvalue weighted by atomic mass is 10.1. The second-order valence-corrected chi connectivity index (χ2v) is 6.23. The van der Waals surface area contributed by atoms with Crippen LogP contribution in [0, 0.1) is 5.82 Å². The van der Waals surface area contributed by atoms with Gasteiger partial charge in [0.1, 0.15) is 18.2 Å². The third-order valence-electron chi connectivity index (χ3n) is 4.33. The summed E-state index contributed by atoms with van der Waals surface area (Å²) in [6.45, 7) is 2.06. The molecule has 6 nitrogen and oxygen atoms in total. The monoisotopic (exact) mass is 346 g/mol. The second-order valence-electron chi connectivity index (χ2n) is 6.23. The lowest BCUT2D eigenvalue weighted by Gasteiger charge is -2.22. The van der Waals surface area contributed by atoms with Crippen LogP contribution in [0.25, 0.3) is 0 Å². The van der Waals surface area contributed by atoms with Crippen molar-refractivity contribution in [2.75, 3.05) is 26.2 Å². The number of rotatable bonds is 7. The van der Waals surface area contributed by atoms with Crippen molar-refractivity contribution in [1.29, 1.82) is 0 Å². The zero-order valence-electron chi connectivity index (χ0n) is 14.3. The van der Waals surface area contributed by atoms with Crippen molar-refractivity contribution in [2.45, 2.75) is 18.9 Å². The molecule has 25 heavy (non-hydrogen) atoms. The van der Waals surface area contributed by atoms with E-state index in [9.17, 15) is 9.18 Å². The highest BCUT2D eigenvalue weighted by Crippen LogP contribution is 2.30. The summed E-state index contributed by atoms with van der Waals surface area (Å²) in [6, 6.07) is 6.09. The standard InChI is InChI=1S/C18H23FN4O2/c1-22-12-14(11-21-22)17-3-2-9-23(17)13-18(24)20-8-10-25-16-6-4-15(19)5-7-16/h4-7,11-12,17H,2-3,8-10,13H2,1H3,(H,20,24)/t17-/m0/s1. The van der Waals surface area contributed by atoms with E-state index in [4.69, 9.17) is 4.74 Å². The molecule has 0 unspecified atom stereocenters. The lowest BCUT2D eigenvalue weighted by molar-refractivity contribution is -0.122. The van der Waals surface area contributed by atoms with E-state index in [1.165, 1.54) is 12.1 Å². The number of halogens is 1. The highest BCUT2D eigenvalue weighted by Gasteiger charge is 2.28. The van der Waals surface area contributed by atoms with Crippen LogP contribution in [0.4, 0.5) is 4.39 Å². The molecule has 2 heterocycles. The quantitative estimate of drug-likeness (QED) is 0.778. The summed E-state index contributed by atoms with van der Waals surface area (Å²) in [6.07, 6.45) is 6.02. The largest absolute Gasteiger partial charge is 0.492 e. The molecule has 0 spiro atoms. The number of amides is 1. The van der Waals surface area contributed by atoms with Gasteiger partial charge in [-0.15, -0.1) is 0 Å². The summed E-state index contributed by atoms with van der Waals surface area (Å²) in [7, 11) is 1.90. The molecule has 3 rings (SSSR count). The molecule has 2 aromatic rings. The molecule has 7 heteroatoms.